The first-order valence-electron chi connectivity index (χ1n) is 8.87. The second kappa shape index (κ2) is 8.02. The van der Waals surface area contributed by atoms with Crippen molar-refractivity contribution in [2.45, 2.75) is 23.8 Å². The van der Waals surface area contributed by atoms with E-state index in [1.165, 1.54) is 23.5 Å². The number of likely N-dealkylation sites (tertiary alicyclic amines) is 1. The second-order valence-corrected chi connectivity index (χ2v) is 10.1. The van der Waals surface area contributed by atoms with E-state index < -0.39 is 10.0 Å². The molecule has 2 aromatic heterocycles. The number of sulfonamides is 1. The fourth-order valence-corrected chi connectivity index (χ4v) is 6.50. The molecule has 3 heterocycles. The third-order valence-corrected chi connectivity index (χ3v) is 8.32. The summed E-state index contributed by atoms with van der Waals surface area (Å²) in [5.74, 6) is -0.203. The van der Waals surface area contributed by atoms with Crippen molar-refractivity contribution in [3.63, 3.8) is 0 Å². The maximum atomic E-state index is 13.2. The monoisotopic (exact) mass is 433 g/mol. The number of hydrogen-bond acceptors (Lipinski definition) is 6. The van der Waals surface area contributed by atoms with Gasteiger partial charge in [0.1, 0.15) is 6.54 Å². The van der Waals surface area contributed by atoms with Gasteiger partial charge in [0.2, 0.25) is 5.91 Å². The van der Waals surface area contributed by atoms with Crippen LogP contribution in [0.15, 0.2) is 64.3 Å². The van der Waals surface area contributed by atoms with Crippen LogP contribution < -0.4 is 4.31 Å². The number of hydrogen-bond donors (Lipinski definition) is 0. The molecule has 1 atom stereocenters. The second-order valence-electron chi connectivity index (χ2n) is 6.40. The quantitative estimate of drug-likeness (QED) is 0.593. The lowest BCUT2D eigenvalue weighted by molar-refractivity contribution is -0.130. The third-order valence-electron chi connectivity index (χ3n) is 4.69. The number of rotatable bonds is 6. The zero-order chi connectivity index (χ0) is 19.6. The first kappa shape index (κ1) is 19.1. The fourth-order valence-electron chi connectivity index (χ4n) is 3.37. The van der Waals surface area contributed by atoms with Crippen LogP contribution in [0.2, 0.25) is 0 Å². The molecule has 1 aliphatic rings. The van der Waals surface area contributed by atoms with Gasteiger partial charge in [0.25, 0.3) is 10.0 Å². The van der Waals surface area contributed by atoms with Crippen LogP contribution in [0.25, 0.3) is 0 Å². The van der Waals surface area contributed by atoms with Crippen LogP contribution in [-0.4, -0.2) is 37.3 Å². The van der Waals surface area contributed by atoms with E-state index in [0.717, 1.165) is 22.0 Å². The molecule has 1 amide bonds. The highest BCUT2D eigenvalue weighted by molar-refractivity contribution is 7.93. The maximum absolute atomic E-state index is 13.2. The molecule has 0 saturated carbocycles. The summed E-state index contributed by atoms with van der Waals surface area (Å²) in [5.41, 5.74) is 0. The number of benzene rings is 1. The van der Waals surface area contributed by atoms with Crippen molar-refractivity contribution in [1.29, 1.82) is 0 Å². The Hall–Kier alpha value is -2.23. The molecule has 0 bridgehead atoms. The molecule has 1 unspecified atom stereocenters. The van der Waals surface area contributed by atoms with Crippen LogP contribution in [0.1, 0.15) is 23.8 Å². The van der Waals surface area contributed by atoms with Crippen LogP contribution in [0.5, 0.6) is 0 Å². The molecule has 146 valence electrons. The highest BCUT2D eigenvalue weighted by Gasteiger charge is 2.35. The lowest BCUT2D eigenvalue weighted by Crippen LogP contribution is -2.42. The Morgan fingerprint density at radius 3 is 2.64 bits per heavy atom. The molecule has 6 nitrogen and oxygen atoms in total. The molecule has 0 N–H and O–H groups in total. The lowest BCUT2D eigenvalue weighted by atomic mass is 10.2. The van der Waals surface area contributed by atoms with E-state index in [-0.39, 0.29) is 23.4 Å². The Labute approximate surface area is 172 Å². The zero-order valence-electron chi connectivity index (χ0n) is 15.0. The summed E-state index contributed by atoms with van der Waals surface area (Å²) in [6, 6.07) is 12.2. The molecule has 9 heteroatoms. The Kier molecular flexibility index (Phi) is 5.47. The Balaban J connectivity index is 1.63. The smallest absolute Gasteiger partial charge is 0.266 e. The molecular formula is C19H19N3O3S3. The number of carbonyl (C=O) groups is 1. The summed E-state index contributed by atoms with van der Waals surface area (Å²) in [5, 5.41) is 4.00. The number of anilines is 1. The molecule has 0 spiro atoms. The molecule has 1 aliphatic heterocycles. The summed E-state index contributed by atoms with van der Waals surface area (Å²) in [6.07, 6.45) is 3.36. The van der Waals surface area contributed by atoms with Gasteiger partial charge in [0, 0.05) is 23.0 Å². The van der Waals surface area contributed by atoms with E-state index in [2.05, 4.69) is 4.98 Å². The van der Waals surface area contributed by atoms with Gasteiger partial charge in [0.05, 0.1) is 10.9 Å². The normalized spacial score (nSPS) is 17.0. The number of thiazole rings is 1. The van der Waals surface area contributed by atoms with Gasteiger partial charge in [-0.2, -0.15) is 0 Å². The Morgan fingerprint density at radius 1 is 1.14 bits per heavy atom. The maximum Gasteiger partial charge on any atom is 0.266 e. The predicted molar refractivity (Wildman–Crippen MR) is 111 cm³/mol. The van der Waals surface area contributed by atoms with E-state index in [0.29, 0.717) is 11.7 Å². The van der Waals surface area contributed by atoms with Gasteiger partial charge < -0.3 is 4.90 Å². The third kappa shape index (κ3) is 3.69. The van der Waals surface area contributed by atoms with Gasteiger partial charge in [-0.25, -0.2) is 17.7 Å². The molecule has 0 radical (unpaired) electrons. The van der Waals surface area contributed by atoms with Gasteiger partial charge in [-0.15, -0.1) is 22.7 Å². The molecule has 1 saturated heterocycles. The van der Waals surface area contributed by atoms with Crippen molar-refractivity contribution in [3.8, 4) is 0 Å². The molecule has 3 aromatic rings. The standard InChI is InChI=1S/C19H19N3O3S3/c23-18(21-11-4-8-16(21)17-9-5-12-26-17)14-22(19-20-10-13-27-19)28(24,25)15-6-2-1-3-7-15/h1-3,5-7,9-10,12-13,16H,4,8,11,14H2. The average Bonchev–Trinajstić information content (AvgIpc) is 3.48. The van der Waals surface area contributed by atoms with E-state index >= 15 is 0 Å². The fraction of sp³-hybridized carbons (Fsp3) is 0.263. The van der Waals surface area contributed by atoms with E-state index in [1.54, 1.807) is 46.0 Å². The predicted octanol–water partition coefficient (Wildman–Crippen LogP) is 3.76. The Morgan fingerprint density at radius 2 is 1.96 bits per heavy atom. The van der Waals surface area contributed by atoms with Crippen molar-refractivity contribution in [3.05, 3.63) is 64.3 Å². The number of thiophene rings is 1. The van der Waals surface area contributed by atoms with Crippen LogP contribution in [0.4, 0.5) is 5.13 Å². The van der Waals surface area contributed by atoms with Gasteiger partial charge in [-0.05, 0) is 36.4 Å². The topological polar surface area (TPSA) is 70.6 Å². The van der Waals surface area contributed by atoms with E-state index in [1.807, 2.05) is 17.5 Å². The van der Waals surface area contributed by atoms with Crippen LogP contribution in [0.3, 0.4) is 0 Å². The summed E-state index contributed by atoms with van der Waals surface area (Å²) in [4.78, 5) is 20.4. The average molecular weight is 434 g/mol. The van der Waals surface area contributed by atoms with Crippen molar-refractivity contribution in [1.82, 2.24) is 9.88 Å². The summed E-state index contributed by atoms with van der Waals surface area (Å²) < 4.78 is 27.6. The number of nitrogens with zero attached hydrogens (tertiary/aromatic N) is 3. The minimum atomic E-state index is -3.88. The highest BCUT2D eigenvalue weighted by atomic mass is 32.2. The molecular weight excluding hydrogens is 414 g/mol. The molecule has 1 fully saturated rings. The van der Waals surface area contributed by atoms with Crippen LogP contribution >= 0.6 is 22.7 Å². The molecule has 28 heavy (non-hydrogen) atoms. The van der Waals surface area contributed by atoms with E-state index in [4.69, 9.17) is 0 Å². The van der Waals surface area contributed by atoms with Crippen molar-refractivity contribution >= 4 is 43.7 Å². The number of aromatic nitrogens is 1. The summed E-state index contributed by atoms with van der Waals surface area (Å²) in [7, 11) is -3.88. The van der Waals surface area contributed by atoms with Crippen molar-refractivity contribution < 1.29 is 13.2 Å². The first-order chi connectivity index (χ1) is 13.6. The van der Waals surface area contributed by atoms with Crippen LogP contribution in [0, 0.1) is 0 Å². The summed E-state index contributed by atoms with van der Waals surface area (Å²) in [6.45, 7) is 0.380. The zero-order valence-corrected chi connectivity index (χ0v) is 17.4. The summed E-state index contributed by atoms with van der Waals surface area (Å²) >= 11 is 2.83. The van der Waals surface area contributed by atoms with Gasteiger partial charge in [-0.1, -0.05) is 24.3 Å². The molecule has 0 aliphatic carbocycles. The highest BCUT2D eigenvalue weighted by Crippen LogP contribution is 2.35. The van der Waals surface area contributed by atoms with Crippen LogP contribution in [-0.2, 0) is 14.8 Å². The molecule has 4 rings (SSSR count). The number of carbonyl (C=O) groups excluding carboxylic acids is 1. The number of amides is 1. The minimum Gasteiger partial charge on any atom is -0.333 e. The van der Waals surface area contributed by atoms with Gasteiger partial charge in [0.15, 0.2) is 5.13 Å². The Bertz CT molecular complexity index is 1020. The van der Waals surface area contributed by atoms with Gasteiger partial charge >= 0.3 is 0 Å². The minimum absolute atomic E-state index is 0.0186. The van der Waals surface area contributed by atoms with E-state index in [9.17, 15) is 13.2 Å². The largest absolute Gasteiger partial charge is 0.333 e. The lowest BCUT2D eigenvalue weighted by Gasteiger charge is -2.28. The molecule has 1 aromatic carbocycles. The van der Waals surface area contributed by atoms with Gasteiger partial charge in [-0.3, -0.25) is 4.79 Å². The SMILES string of the molecule is O=C(CN(c1nccs1)S(=O)(=O)c1ccccc1)N1CCCC1c1cccs1. The van der Waals surface area contributed by atoms with Crippen molar-refractivity contribution in [2.75, 3.05) is 17.4 Å². The first-order valence-corrected chi connectivity index (χ1v) is 12.1. The van der Waals surface area contributed by atoms with Crippen molar-refractivity contribution in [2.24, 2.45) is 0 Å².